The van der Waals surface area contributed by atoms with E-state index in [1.54, 1.807) is 30.7 Å². The number of anilines is 1. The zero-order valence-electron chi connectivity index (χ0n) is 21.8. The molecule has 0 saturated heterocycles. The molecular formula is C32H29FN4O3. The summed E-state index contributed by atoms with van der Waals surface area (Å²) in [4.78, 5) is 16.9. The minimum Gasteiger partial charge on any atom is -0.485 e. The molecule has 0 bridgehead atoms. The van der Waals surface area contributed by atoms with Crippen LogP contribution in [0.5, 0.6) is 17.2 Å². The van der Waals surface area contributed by atoms with E-state index in [9.17, 15) is 9.18 Å². The lowest BCUT2D eigenvalue weighted by atomic mass is 10.2. The van der Waals surface area contributed by atoms with E-state index in [2.05, 4.69) is 15.6 Å². The van der Waals surface area contributed by atoms with Crippen LogP contribution in [0.3, 0.4) is 0 Å². The van der Waals surface area contributed by atoms with Crippen molar-refractivity contribution >= 4 is 11.7 Å². The number of nitrogens with one attached hydrogen (secondary N) is 2. The molecule has 0 fully saturated rings. The van der Waals surface area contributed by atoms with Crippen LogP contribution in [0.4, 0.5) is 14.9 Å². The predicted molar refractivity (Wildman–Crippen MR) is 152 cm³/mol. The molecule has 0 aliphatic carbocycles. The number of para-hydroxylation sites is 4. The minimum absolute atomic E-state index is 0.273. The maximum atomic E-state index is 13.5. The number of halogens is 1. The van der Waals surface area contributed by atoms with Gasteiger partial charge in [-0.2, -0.15) is 0 Å². The number of carbonyl (C=O) groups is 1. The van der Waals surface area contributed by atoms with E-state index in [0.717, 1.165) is 16.8 Å². The summed E-state index contributed by atoms with van der Waals surface area (Å²) in [6.07, 6.45) is 4.02. The minimum atomic E-state index is -0.360. The number of carbonyl (C=O) groups excluding carboxylic acids is 1. The number of urea groups is 1. The zero-order valence-corrected chi connectivity index (χ0v) is 21.8. The Bertz CT molecular complexity index is 1550. The van der Waals surface area contributed by atoms with Crippen LogP contribution in [0.1, 0.15) is 16.8 Å². The van der Waals surface area contributed by atoms with E-state index < -0.39 is 0 Å². The summed E-state index contributed by atoms with van der Waals surface area (Å²) in [7, 11) is 0. The molecule has 2 amide bonds. The molecule has 5 aromatic rings. The first-order chi connectivity index (χ1) is 19.6. The second kappa shape index (κ2) is 13.1. The van der Waals surface area contributed by atoms with Gasteiger partial charge >= 0.3 is 6.03 Å². The number of rotatable bonds is 11. The second-order valence-corrected chi connectivity index (χ2v) is 9.09. The van der Waals surface area contributed by atoms with Crippen LogP contribution in [0, 0.1) is 5.82 Å². The lowest BCUT2D eigenvalue weighted by Crippen LogP contribution is -2.30. The van der Waals surface area contributed by atoms with Gasteiger partial charge in [0.2, 0.25) is 0 Å². The van der Waals surface area contributed by atoms with Crippen molar-refractivity contribution in [3.05, 3.63) is 138 Å². The highest BCUT2D eigenvalue weighted by Crippen LogP contribution is 2.35. The Morgan fingerprint density at radius 3 is 2.38 bits per heavy atom. The van der Waals surface area contributed by atoms with Crippen molar-refractivity contribution < 1.29 is 18.7 Å². The van der Waals surface area contributed by atoms with Crippen LogP contribution in [0.25, 0.3) is 0 Å². The van der Waals surface area contributed by atoms with Gasteiger partial charge in [0, 0.05) is 31.4 Å². The average Bonchev–Trinajstić information content (AvgIpc) is 3.40. The van der Waals surface area contributed by atoms with Gasteiger partial charge in [0.05, 0.1) is 12.0 Å². The van der Waals surface area contributed by atoms with E-state index in [1.807, 2.05) is 77.4 Å². The van der Waals surface area contributed by atoms with Crippen LogP contribution >= 0.6 is 0 Å². The summed E-state index contributed by atoms with van der Waals surface area (Å²) in [6.45, 7) is 1.30. The molecule has 0 saturated carbocycles. The number of nitrogens with zero attached hydrogens (tertiary/aromatic N) is 2. The number of ether oxygens (including phenoxy) is 2. The molecule has 8 heteroatoms. The summed E-state index contributed by atoms with van der Waals surface area (Å²) in [6, 6.07) is 30.7. The Labute approximate surface area is 232 Å². The van der Waals surface area contributed by atoms with Crippen LogP contribution < -0.4 is 20.1 Å². The van der Waals surface area contributed by atoms with E-state index in [-0.39, 0.29) is 11.8 Å². The third kappa shape index (κ3) is 7.26. The van der Waals surface area contributed by atoms with E-state index in [4.69, 9.17) is 9.47 Å². The monoisotopic (exact) mass is 536 g/mol. The topological polar surface area (TPSA) is 77.4 Å². The van der Waals surface area contributed by atoms with Crippen LogP contribution in [-0.2, 0) is 19.6 Å². The van der Waals surface area contributed by atoms with Crippen LogP contribution in [0.2, 0.25) is 0 Å². The molecule has 202 valence electrons. The van der Waals surface area contributed by atoms with Gasteiger partial charge in [-0.15, -0.1) is 0 Å². The number of benzene rings is 4. The van der Waals surface area contributed by atoms with Crippen LogP contribution in [0.15, 0.2) is 116 Å². The first-order valence-electron chi connectivity index (χ1n) is 12.9. The molecule has 5 rings (SSSR count). The number of hydrogen-bond donors (Lipinski definition) is 2. The van der Waals surface area contributed by atoms with Crippen molar-refractivity contribution in [3.8, 4) is 17.2 Å². The van der Waals surface area contributed by atoms with Crippen molar-refractivity contribution in [1.82, 2.24) is 14.9 Å². The highest BCUT2D eigenvalue weighted by molar-refractivity contribution is 5.91. The Kier molecular flexibility index (Phi) is 8.68. The fourth-order valence-electron chi connectivity index (χ4n) is 4.17. The standard InChI is InChI=1S/C32H29FN4O3/c33-26-12-8-11-25(19-26)21-37-23-34-20-27(37)17-18-35-32(38)36-28-13-4-5-14-29(28)40-31-16-7-6-15-30(31)39-22-24-9-2-1-3-10-24/h1-16,19-20,23H,17-18,21-22H2,(H2,35,36,38). The first kappa shape index (κ1) is 26.5. The number of amides is 2. The Morgan fingerprint density at radius 2 is 1.55 bits per heavy atom. The molecule has 0 aliphatic rings. The van der Waals surface area contributed by atoms with Gasteiger partial charge in [0.1, 0.15) is 12.4 Å². The van der Waals surface area contributed by atoms with Gasteiger partial charge in [0.15, 0.2) is 17.2 Å². The van der Waals surface area contributed by atoms with Gasteiger partial charge in [0.25, 0.3) is 0 Å². The average molecular weight is 537 g/mol. The van der Waals surface area contributed by atoms with Crippen molar-refractivity contribution in [2.45, 2.75) is 19.6 Å². The largest absolute Gasteiger partial charge is 0.485 e. The van der Waals surface area contributed by atoms with Crippen molar-refractivity contribution in [2.24, 2.45) is 0 Å². The molecule has 1 aromatic heterocycles. The molecular weight excluding hydrogens is 507 g/mol. The number of hydrogen-bond acceptors (Lipinski definition) is 4. The summed E-state index contributed by atoms with van der Waals surface area (Å²) < 4.78 is 27.7. The Balaban J connectivity index is 1.17. The lowest BCUT2D eigenvalue weighted by Gasteiger charge is -2.16. The molecule has 40 heavy (non-hydrogen) atoms. The zero-order chi connectivity index (χ0) is 27.6. The highest BCUT2D eigenvalue weighted by atomic mass is 19.1. The van der Waals surface area contributed by atoms with Crippen LogP contribution in [-0.4, -0.2) is 22.1 Å². The molecule has 2 N–H and O–H groups in total. The smallest absolute Gasteiger partial charge is 0.319 e. The summed E-state index contributed by atoms with van der Waals surface area (Å²) >= 11 is 0. The number of imidazole rings is 1. The van der Waals surface area contributed by atoms with Crippen molar-refractivity contribution in [3.63, 3.8) is 0 Å². The molecule has 0 spiro atoms. The molecule has 7 nitrogen and oxygen atoms in total. The summed E-state index contributed by atoms with van der Waals surface area (Å²) in [5.41, 5.74) is 3.34. The first-order valence-corrected chi connectivity index (χ1v) is 12.9. The van der Waals surface area contributed by atoms with E-state index >= 15 is 0 Å². The third-order valence-electron chi connectivity index (χ3n) is 6.15. The molecule has 4 aromatic carbocycles. The maximum Gasteiger partial charge on any atom is 0.319 e. The van der Waals surface area contributed by atoms with Gasteiger partial charge in [-0.05, 0) is 47.5 Å². The normalized spacial score (nSPS) is 10.6. The van der Waals surface area contributed by atoms with Gasteiger partial charge in [-0.3, -0.25) is 0 Å². The van der Waals surface area contributed by atoms with E-state index in [0.29, 0.717) is 49.1 Å². The highest BCUT2D eigenvalue weighted by Gasteiger charge is 2.12. The van der Waals surface area contributed by atoms with Gasteiger partial charge in [-0.1, -0.05) is 66.7 Å². The maximum absolute atomic E-state index is 13.5. The van der Waals surface area contributed by atoms with E-state index in [1.165, 1.54) is 12.1 Å². The fraction of sp³-hybridized carbons (Fsp3) is 0.125. The van der Waals surface area contributed by atoms with Gasteiger partial charge < -0.3 is 24.7 Å². The molecule has 0 radical (unpaired) electrons. The SMILES string of the molecule is O=C(NCCc1cncn1Cc1cccc(F)c1)Nc1ccccc1Oc1ccccc1OCc1ccccc1. The fourth-order valence-corrected chi connectivity index (χ4v) is 4.17. The molecule has 1 heterocycles. The predicted octanol–water partition coefficient (Wildman–Crippen LogP) is 6.81. The second-order valence-electron chi connectivity index (χ2n) is 9.09. The molecule has 0 aliphatic heterocycles. The Morgan fingerprint density at radius 1 is 0.825 bits per heavy atom. The molecule has 0 unspecified atom stereocenters. The Hall–Kier alpha value is -5.11. The lowest BCUT2D eigenvalue weighted by molar-refractivity contribution is 0.252. The third-order valence-corrected chi connectivity index (χ3v) is 6.15. The van der Waals surface area contributed by atoms with Crippen molar-refractivity contribution in [2.75, 3.05) is 11.9 Å². The number of aromatic nitrogens is 2. The summed E-state index contributed by atoms with van der Waals surface area (Å²) in [5.74, 6) is 1.35. The van der Waals surface area contributed by atoms with Crippen molar-refractivity contribution in [1.29, 1.82) is 0 Å². The molecule has 0 atom stereocenters. The summed E-state index contributed by atoms with van der Waals surface area (Å²) in [5, 5.41) is 5.75. The van der Waals surface area contributed by atoms with Gasteiger partial charge in [-0.25, -0.2) is 14.2 Å². The quantitative estimate of drug-likeness (QED) is 0.195.